The molecule has 1 atom stereocenters. The third-order valence-corrected chi connectivity index (χ3v) is 6.03. The van der Waals surface area contributed by atoms with Crippen molar-refractivity contribution in [3.8, 4) is 0 Å². The Kier molecular flexibility index (Phi) is 29.9. The molecule has 0 aromatic heterocycles. The fourth-order valence-electron chi connectivity index (χ4n) is 3.43. The average Bonchev–Trinajstić information content (AvgIpc) is 2.94. The zero-order chi connectivity index (χ0) is 31.2. The van der Waals surface area contributed by atoms with E-state index in [-0.39, 0.29) is 179 Å². The summed E-state index contributed by atoms with van der Waals surface area (Å²) in [7, 11) is 1.53. The van der Waals surface area contributed by atoms with Crippen LogP contribution in [0.5, 0.6) is 0 Å². The van der Waals surface area contributed by atoms with Crippen LogP contribution in [0, 0.1) is 5.92 Å². The first-order chi connectivity index (χ1) is 20.1. The Hall–Kier alpha value is -0.390. The summed E-state index contributed by atoms with van der Waals surface area (Å²) in [4.78, 5) is 69.9. The molecule has 0 spiro atoms. The van der Waals surface area contributed by atoms with E-state index in [4.69, 9.17) is 9.47 Å². The normalized spacial score (nSPS) is 10.6. The van der Waals surface area contributed by atoms with Gasteiger partial charge in [-0.3, -0.25) is 14.4 Å². The van der Waals surface area contributed by atoms with Crippen molar-refractivity contribution >= 4 is 41.2 Å². The largest absolute Gasteiger partial charge is 1.00 e. The minimum absolute atomic E-state index is 0. The molecule has 44 heavy (non-hydrogen) atoms. The van der Waals surface area contributed by atoms with Gasteiger partial charge in [-0.15, -0.1) is 12.2 Å². The first kappa shape index (κ1) is 45.7. The zero-order valence-electron chi connectivity index (χ0n) is 26.7. The van der Waals surface area contributed by atoms with Gasteiger partial charge in [-0.1, -0.05) is 37.6 Å². The molecule has 15 heteroatoms. The van der Waals surface area contributed by atoms with Crippen LogP contribution in [-0.4, -0.2) is 82.0 Å². The molecule has 234 valence electrons. The number of hydrogen-bond acceptors (Lipinski definition) is 8. The zero-order valence-corrected chi connectivity index (χ0v) is 36.6. The van der Waals surface area contributed by atoms with E-state index in [0.29, 0.717) is 30.8 Å². The Morgan fingerprint density at radius 3 is 2.20 bits per heavy atom. The first-order valence-corrected chi connectivity index (χ1v) is 14.1. The van der Waals surface area contributed by atoms with Gasteiger partial charge < -0.3 is 45.6 Å². The standard InChI is InChI=1S/C29H45N5O8.2Rb/c1-21(22(2)35)7-4-5-13-33-29(40)42-17-6-16-41-18-15-32-27(38)20-28(39)34-24-10-8-23(9-11-24)19-26(37)31-14-12-25(36)30-3;;/h8-11,21H,4-7,12-20H2,1-3H3,(H5,30,31,32,33,34,36,37,38,39,40);;/q;2*+1/p-2. The second-order valence-corrected chi connectivity index (χ2v) is 9.61. The van der Waals surface area contributed by atoms with Crippen molar-refractivity contribution in [3.05, 3.63) is 40.5 Å². The van der Waals surface area contributed by atoms with Gasteiger partial charge in [0.2, 0.25) is 11.8 Å². The number of hydrogen-bond donors (Lipinski definition) is 3. The van der Waals surface area contributed by atoms with Crippen LogP contribution in [0.1, 0.15) is 57.9 Å². The Balaban J connectivity index is 0. The number of rotatable bonds is 21. The molecule has 0 bridgehead atoms. The number of nitrogens with one attached hydrogen (secondary N) is 3. The summed E-state index contributed by atoms with van der Waals surface area (Å²) in [6.45, 7) is 4.99. The molecular weight excluding hydrogens is 717 g/mol. The maximum atomic E-state index is 12.1. The van der Waals surface area contributed by atoms with Gasteiger partial charge in [-0.25, -0.2) is 4.79 Å². The molecule has 1 aromatic carbocycles. The summed E-state index contributed by atoms with van der Waals surface area (Å²) >= 11 is 0. The van der Waals surface area contributed by atoms with Crippen LogP contribution in [0.4, 0.5) is 10.5 Å². The third kappa shape index (κ3) is 24.8. The van der Waals surface area contributed by atoms with Gasteiger partial charge in [0, 0.05) is 58.5 Å². The Morgan fingerprint density at radius 2 is 1.55 bits per heavy atom. The second kappa shape index (κ2) is 28.8. The number of amides is 5. The molecule has 5 amide bonds. The van der Waals surface area contributed by atoms with Crippen LogP contribution in [0.15, 0.2) is 24.3 Å². The van der Waals surface area contributed by atoms with Gasteiger partial charge >= 0.3 is 122 Å². The number of ether oxygens (including phenoxy) is 2. The molecule has 0 aliphatic rings. The molecule has 0 aliphatic heterocycles. The molecule has 0 saturated heterocycles. The molecule has 0 heterocycles. The van der Waals surface area contributed by atoms with Crippen molar-refractivity contribution < 1.29 is 155 Å². The van der Waals surface area contributed by atoms with Crippen molar-refractivity contribution in [1.29, 1.82) is 0 Å². The number of alkyl carbamates (subject to hydrolysis) is 1. The number of ketones is 1. The van der Waals surface area contributed by atoms with Crippen LogP contribution in [0.25, 0.3) is 10.6 Å². The van der Waals surface area contributed by atoms with E-state index in [1.165, 1.54) is 7.05 Å². The molecule has 0 aliphatic carbocycles. The van der Waals surface area contributed by atoms with E-state index >= 15 is 0 Å². The summed E-state index contributed by atoms with van der Waals surface area (Å²) in [5, 5.41) is 15.4. The molecule has 0 fully saturated rings. The topological polar surface area (TPSA) is 185 Å². The Morgan fingerprint density at radius 1 is 0.841 bits per heavy atom. The van der Waals surface area contributed by atoms with Crippen LogP contribution < -0.4 is 132 Å². The van der Waals surface area contributed by atoms with Crippen LogP contribution in [0.2, 0.25) is 0 Å². The molecule has 3 N–H and O–H groups in total. The number of benzene rings is 1. The minimum atomic E-state index is -0.634. The van der Waals surface area contributed by atoms with Gasteiger partial charge in [0.25, 0.3) is 0 Å². The quantitative estimate of drug-likeness (QED) is 0.0867. The van der Waals surface area contributed by atoms with Crippen LogP contribution >= 0.6 is 0 Å². The molecule has 1 aromatic rings. The predicted molar refractivity (Wildman–Crippen MR) is 156 cm³/mol. The predicted octanol–water partition coefficient (Wildman–Crippen LogP) is -3.16. The van der Waals surface area contributed by atoms with Crippen LogP contribution in [-0.2, 0) is 39.9 Å². The number of Topliss-reactive ketones (excluding diaryl/α,β-unsaturated/α-hetero) is 1. The smallest absolute Gasteiger partial charge is 0.651 e. The Bertz CT molecular complexity index is 1030. The van der Waals surface area contributed by atoms with Crippen molar-refractivity contribution in [1.82, 2.24) is 16.0 Å². The van der Waals surface area contributed by atoms with E-state index in [1.807, 2.05) is 6.92 Å². The third-order valence-electron chi connectivity index (χ3n) is 6.03. The van der Waals surface area contributed by atoms with Crippen molar-refractivity contribution in [2.45, 2.75) is 58.8 Å². The number of nitrogens with zero attached hydrogens (tertiary/aromatic N) is 2. The van der Waals surface area contributed by atoms with Crippen molar-refractivity contribution in [3.63, 3.8) is 0 Å². The minimum Gasteiger partial charge on any atom is -0.651 e. The van der Waals surface area contributed by atoms with E-state index in [1.54, 1.807) is 31.2 Å². The van der Waals surface area contributed by atoms with E-state index in [2.05, 4.69) is 26.6 Å². The summed E-state index contributed by atoms with van der Waals surface area (Å²) in [5.74, 6) is -1.41. The van der Waals surface area contributed by atoms with E-state index in [9.17, 15) is 28.8 Å². The van der Waals surface area contributed by atoms with Gasteiger partial charge in [0.1, 0.15) is 5.78 Å². The molecule has 0 radical (unpaired) electrons. The maximum Gasteiger partial charge on any atom is 1.00 e. The number of carbonyl (C=O) groups is 6. The van der Waals surface area contributed by atoms with E-state index < -0.39 is 24.3 Å². The maximum absolute atomic E-state index is 12.1. The summed E-state index contributed by atoms with van der Waals surface area (Å²) in [5.41, 5.74) is 1.07. The van der Waals surface area contributed by atoms with Gasteiger partial charge in [0.15, 0.2) is 0 Å². The van der Waals surface area contributed by atoms with Gasteiger partial charge in [-0.05, 0) is 25.3 Å². The van der Waals surface area contributed by atoms with E-state index in [0.717, 1.165) is 19.3 Å². The summed E-state index contributed by atoms with van der Waals surface area (Å²) in [6, 6.07) is 6.47. The fourth-order valence-corrected chi connectivity index (χ4v) is 3.43. The number of carbonyl (C=O) groups excluding carboxylic acids is 6. The monoisotopic (exact) mass is 759 g/mol. The van der Waals surface area contributed by atoms with Gasteiger partial charge in [0.05, 0.1) is 24.8 Å². The molecule has 1 rings (SSSR count). The Labute approximate surface area is 357 Å². The van der Waals surface area contributed by atoms with Gasteiger partial charge in [-0.2, -0.15) is 0 Å². The molecule has 13 nitrogen and oxygen atoms in total. The first-order valence-electron chi connectivity index (χ1n) is 14.1. The molecule has 0 saturated carbocycles. The van der Waals surface area contributed by atoms with Crippen molar-refractivity contribution in [2.75, 3.05) is 46.5 Å². The number of unbranched alkanes of at least 4 members (excludes halogenated alkanes) is 1. The van der Waals surface area contributed by atoms with Crippen LogP contribution in [0.3, 0.4) is 0 Å². The summed E-state index contributed by atoms with van der Waals surface area (Å²) in [6.07, 6.45) is 2.26. The average molecular weight is 761 g/mol. The fraction of sp³-hybridized carbons (Fsp3) is 0.586. The molecular formula is C29H43N5O8Rb2. The molecule has 1 unspecified atom stereocenters. The second-order valence-electron chi connectivity index (χ2n) is 9.61. The summed E-state index contributed by atoms with van der Waals surface area (Å²) < 4.78 is 10.4. The van der Waals surface area contributed by atoms with Crippen molar-refractivity contribution in [2.24, 2.45) is 5.92 Å². The SMILES string of the molecule is CNC(=O)CCNC(=O)Cc1ccc([N-]C(=O)CC(=O)[N-]CCOCCCOC(=O)NCCCCC(C)C(C)=O)cc1.[Rb+].[Rb+].